The van der Waals surface area contributed by atoms with E-state index < -0.39 is 7.72 Å². The maximum Gasteiger partial charge on any atom is 0.299 e. The summed E-state index contributed by atoms with van der Waals surface area (Å²) in [5.74, 6) is 11.8. The Hall–Kier alpha value is -1.05. The number of hydrogen-bond acceptors (Lipinski definition) is 2. The fourth-order valence-electron chi connectivity index (χ4n) is 1.80. The normalized spacial score (nSPS) is 27.3. The van der Waals surface area contributed by atoms with Crippen LogP contribution in [0.15, 0.2) is 23.0 Å². The fourth-order valence-corrected chi connectivity index (χ4v) is 3.81. The molecule has 0 aromatic carbocycles. The Labute approximate surface area is 111 Å². The van der Waals surface area contributed by atoms with Crippen molar-refractivity contribution in [3.63, 3.8) is 0 Å². The highest BCUT2D eigenvalue weighted by atomic mass is 31.2. The van der Waals surface area contributed by atoms with Gasteiger partial charge in [-0.05, 0) is 32.4 Å². The lowest BCUT2D eigenvalue weighted by Crippen LogP contribution is -2.07. The zero-order chi connectivity index (χ0) is 13.6. The second-order valence-corrected chi connectivity index (χ2v) is 6.74. The van der Waals surface area contributed by atoms with Gasteiger partial charge in [-0.2, -0.15) is 4.52 Å². The zero-order valence-corrected chi connectivity index (χ0v) is 12.3. The monoisotopic (exact) mass is 263 g/mol. The SMILES string of the molecule is CC#C/C=C\C1=C(CCC)[P+](C)(O)OC(C)C#C1. The minimum atomic E-state index is -2.51. The smallest absolute Gasteiger partial charge is 0.215 e. The van der Waals surface area contributed by atoms with Crippen LogP contribution in [0.4, 0.5) is 0 Å². The van der Waals surface area contributed by atoms with Gasteiger partial charge in [0.25, 0.3) is 7.72 Å². The molecule has 2 unspecified atom stereocenters. The van der Waals surface area contributed by atoms with E-state index in [2.05, 4.69) is 30.6 Å². The van der Waals surface area contributed by atoms with Crippen molar-refractivity contribution < 1.29 is 9.42 Å². The Kier molecular flexibility index (Phi) is 5.64. The van der Waals surface area contributed by atoms with Gasteiger partial charge in [-0.25, -0.2) is 4.89 Å². The Bertz CT molecular complexity index is 478. The molecule has 0 saturated heterocycles. The summed E-state index contributed by atoms with van der Waals surface area (Å²) in [6.07, 6.45) is 5.19. The molecule has 1 aliphatic rings. The van der Waals surface area contributed by atoms with E-state index in [0.717, 1.165) is 23.7 Å². The predicted octanol–water partition coefficient (Wildman–Crippen LogP) is 3.51. The van der Waals surface area contributed by atoms with Gasteiger partial charge in [-0.1, -0.05) is 24.7 Å². The molecule has 0 aliphatic carbocycles. The molecule has 1 N–H and O–H groups in total. The number of hydrogen-bond donors (Lipinski definition) is 1. The Morgan fingerprint density at radius 3 is 2.89 bits per heavy atom. The molecule has 0 aromatic heterocycles. The van der Waals surface area contributed by atoms with E-state index >= 15 is 0 Å². The van der Waals surface area contributed by atoms with E-state index in [1.165, 1.54) is 0 Å². The second kappa shape index (κ2) is 6.77. The van der Waals surface area contributed by atoms with Gasteiger partial charge in [0.1, 0.15) is 12.0 Å². The van der Waals surface area contributed by atoms with E-state index in [-0.39, 0.29) is 6.10 Å². The van der Waals surface area contributed by atoms with Crippen LogP contribution in [0, 0.1) is 23.7 Å². The van der Waals surface area contributed by atoms with Crippen LogP contribution in [0.1, 0.15) is 33.6 Å². The van der Waals surface area contributed by atoms with Crippen LogP contribution >= 0.6 is 7.72 Å². The van der Waals surface area contributed by atoms with Crippen molar-refractivity contribution in [1.82, 2.24) is 0 Å². The van der Waals surface area contributed by atoms with E-state index in [1.807, 2.05) is 13.0 Å². The molecule has 1 heterocycles. The molecule has 0 fully saturated rings. The van der Waals surface area contributed by atoms with E-state index in [9.17, 15) is 4.89 Å². The second-order valence-electron chi connectivity index (χ2n) is 4.23. The lowest BCUT2D eigenvalue weighted by Gasteiger charge is -2.17. The van der Waals surface area contributed by atoms with E-state index in [0.29, 0.717) is 0 Å². The molecular formula is C15H20O2P+. The lowest BCUT2D eigenvalue weighted by atomic mass is 10.1. The molecule has 3 heteroatoms. The first kappa shape index (κ1) is 15.0. The maximum absolute atomic E-state index is 10.5. The third-order valence-corrected chi connectivity index (χ3v) is 4.74. The molecule has 1 rings (SSSR count). The molecule has 96 valence electrons. The van der Waals surface area contributed by atoms with Gasteiger partial charge in [0.15, 0.2) is 6.10 Å². The summed E-state index contributed by atoms with van der Waals surface area (Å²) < 4.78 is 5.67. The topological polar surface area (TPSA) is 29.5 Å². The van der Waals surface area contributed by atoms with Crippen molar-refractivity contribution in [2.24, 2.45) is 0 Å². The standard InChI is InChI=1S/C15H20O2P/c1-5-7-8-10-14-12-11-13(3)17-18(4,16)15(14)9-6-2/h8,10,13,16H,6,9H2,1-4H3/q+1/b10-8-. The highest BCUT2D eigenvalue weighted by Gasteiger charge is 2.41. The summed E-state index contributed by atoms with van der Waals surface area (Å²) in [6.45, 7) is 7.52. The molecule has 0 spiro atoms. The molecule has 2 atom stereocenters. The van der Waals surface area contributed by atoms with Crippen LogP contribution in [-0.4, -0.2) is 17.7 Å². The Morgan fingerprint density at radius 1 is 1.56 bits per heavy atom. The van der Waals surface area contributed by atoms with Crippen molar-refractivity contribution in [3.8, 4) is 23.7 Å². The summed E-state index contributed by atoms with van der Waals surface area (Å²) >= 11 is 0. The lowest BCUT2D eigenvalue weighted by molar-refractivity contribution is 0.265. The minimum absolute atomic E-state index is 0.233. The predicted molar refractivity (Wildman–Crippen MR) is 77.9 cm³/mol. The number of rotatable bonds is 3. The largest absolute Gasteiger partial charge is 0.299 e. The van der Waals surface area contributed by atoms with Crippen LogP contribution in [0.2, 0.25) is 0 Å². The van der Waals surface area contributed by atoms with Crippen molar-refractivity contribution in [2.75, 3.05) is 6.66 Å². The average molecular weight is 263 g/mol. The van der Waals surface area contributed by atoms with Crippen LogP contribution in [0.3, 0.4) is 0 Å². The summed E-state index contributed by atoms with van der Waals surface area (Å²) in [6, 6.07) is 0. The van der Waals surface area contributed by atoms with Crippen molar-refractivity contribution in [2.45, 2.75) is 39.7 Å². The highest BCUT2D eigenvalue weighted by Crippen LogP contribution is 2.63. The molecule has 0 aromatic rings. The van der Waals surface area contributed by atoms with E-state index in [1.54, 1.807) is 19.7 Å². The Balaban J connectivity index is 3.23. The molecule has 2 nitrogen and oxygen atoms in total. The van der Waals surface area contributed by atoms with Gasteiger partial charge in [0, 0.05) is 6.42 Å². The first-order valence-corrected chi connectivity index (χ1v) is 8.23. The maximum atomic E-state index is 10.5. The zero-order valence-electron chi connectivity index (χ0n) is 11.4. The van der Waals surface area contributed by atoms with Crippen molar-refractivity contribution >= 4 is 7.72 Å². The molecular weight excluding hydrogens is 243 g/mol. The van der Waals surface area contributed by atoms with Gasteiger partial charge in [-0.15, -0.1) is 5.92 Å². The van der Waals surface area contributed by atoms with E-state index in [4.69, 9.17) is 4.52 Å². The average Bonchev–Trinajstić information content (AvgIpc) is 2.39. The third-order valence-electron chi connectivity index (χ3n) is 2.55. The summed E-state index contributed by atoms with van der Waals surface area (Å²) in [5, 5.41) is 0.941. The summed E-state index contributed by atoms with van der Waals surface area (Å²) in [7, 11) is -2.51. The Morgan fingerprint density at radius 2 is 2.28 bits per heavy atom. The number of allylic oxidation sites excluding steroid dienone is 4. The van der Waals surface area contributed by atoms with Gasteiger partial charge < -0.3 is 0 Å². The molecule has 18 heavy (non-hydrogen) atoms. The van der Waals surface area contributed by atoms with Crippen molar-refractivity contribution in [1.29, 1.82) is 0 Å². The van der Waals surface area contributed by atoms with Gasteiger partial charge in [0.05, 0.1) is 5.57 Å². The highest BCUT2D eigenvalue weighted by molar-refractivity contribution is 7.69. The summed E-state index contributed by atoms with van der Waals surface area (Å²) in [4.78, 5) is 10.5. The van der Waals surface area contributed by atoms with Gasteiger partial charge in [-0.3, -0.25) is 0 Å². The third kappa shape index (κ3) is 4.01. The van der Waals surface area contributed by atoms with Crippen LogP contribution in [0.5, 0.6) is 0 Å². The first-order chi connectivity index (χ1) is 8.51. The summed E-state index contributed by atoms with van der Waals surface area (Å²) in [5.41, 5.74) is 0.863. The van der Waals surface area contributed by atoms with Crippen LogP contribution in [0.25, 0.3) is 0 Å². The molecule has 1 aliphatic heterocycles. The van der Waals surface area contributed by atoms with Gasteiger partial charge in [0.2, 0.25) is 0 Å². The molecule has 0 saturated carbocycles. The molecule has 0 radical (unpaired) electrons. The van der Waals surface area contributed by atoms with Crippen molar-refractivity contribution in [3.05, 3.63) is 23.0 Å². The minimum Gasteiger partial charge on any atom is -0.215 e. The quantitative estimate of drug-likeness (QED) is 0.623. The fraction of sp³-hybridized carbons (Fsp3) is 0.467. The van der Waals surface area contributed by atoms with Crippen LogP contribution < -0.4 is 0 Å². The molecule has 0 amide bonds. The van der Waals surface area contributed by atoms with Gasteiger partial charge >= 0.3 is 0 Å². The molecule has 0 bridgehead atoms. The first-order valence-electron chi connectivity index (χ1n) is 6.13. The van der Waals surface area contributed by atoms with Crippen LogP contribution in [-0.2, 0) is 4.52 Å².